The molecule has 0 saturated heterocycles. The van der Waals surface area contributed by atoms with Crippen LogP contribution in [0.4, 0.5) is 0 Å². The number of hydrogen-bond acceptors (Lipinski definition) is 1. The van der Waals surface area contributed by atoms with Crippen molar-refractivity contribution in [3.63, 3.8) is 0 Å². The Morgan fingerprint density at radius 2 is 1.63 bits per heavy atom. The molecule has 1 aliphatic rings. The molecule has 0 saturated carbocycles. The molecule has 3 heteroatoms. The molecular formula is C27H23N3. The third-order valence-electron chi connectivity index (χ3n) is 5.98. The fourth-order valence-corrected chi connectivity index (χ4v) is 4.76. The van der Waals surface area contributed by atoms with E-state index in [0.717, 1.165) is 27.7 Å². The Bertz CT molecular complexity index is 1310. The van der Waals surface area contributed by atoms with Crippen molar-refractivity contribution in [3.8, 4) is 11.1 Å². The first kappa shape index (κ1) is 18.2. The molecule has 0 amide bonds. The zero-order chi connectivity index (χ0) is 20.8. The van der Waals surface area contributed by atoms with Gasteiger partial charge in [-0.1, -0.05) is 67.3 Å². The van der Waals surface area contributed by atoms with Gasteiger partial charge in [0.2, 0.25) is 0 Å². The van der Waals surface area contributed by atoms with Gasteiger partial charge in [-0.3, -0.25) is 5.41 Å². The van der Waals surface area contributed by atoms with E-state index in [9.17, 15) is 0 Å². The minimum absolute atomic E-state index is 0.0649. The molecule has 3 aromatic carbocycles. The molecule has 1 heterocycles. The molecule has 3 nitrogen and oxygen atoms in total. The van der Waals surface area contributed by atoms with Crippen LogP contribution in [-0.4, -0.2) is 10.4 Å². The summed E-state index contributed by atoms with van der Waals surface area (Å²) in [5, 5.41) is 8.96. The number of rotatable bonds is 4. The van der Waals surface area contributed by atoms with Crippen LogP contribution < -0.4 is 5.73 Å². The van der Waals surface area contributed by atoms with E-state index in [2.05, 4.69) is 71.8 Å². The first-order chi connectivity index (χ1) is 14.7. The molecule has 146 valence electrons. The summed E-state index contributed by atoms with van der Waals surface area (Å²) in [6, 6.07) is 23.4. The fourth-order valence-electron chi connectivity index (χ4n) is 4.76. The summed E-state index contributed by atoms with van der Waals surface area (Å²) in [6.07, 6.45) is 6.10. The summed E-state index contributed by atoms with van der Waals surface area (Å²) in [4.78, 5) is 0. The number of allylic oxidation sites excluding steroid dienone is 1. The Morgan fingerprint density at radius 3 is 2.20 bits per heavy atom. The summed E-state index contributed by atoms with van der Waals surface area (Å²) < 4.78 is 2.38. The Labute approximate surface area is 176 Å². The standard InChI is InChI=1S/C27H23N3/c1-3-9-20-23-16-17(27(28)29)14-15-25(23)30(24(20)4-2)26-21-12-7-5-10-18(21)19-11-6-8-13-22(19)26/h3-16,26H,2H2,1H3,(H3,28,29)/b9-3-. The SMILES string of the molecule is C=Cc1c(/C=C\C)c2cc(C(=N)N)ccc2n1C1c2ccccc2-c2ccccc21. The van der Waals surface area contributed by atoms with E-state index in [0.29, 0.717) is 0 Å². The Balaban J connectivity index is 1.90. The lowest BCUT2D eigenvalue weighted by Crippen LogP contribution is -2.12. The lowest BCUT2D eigenvalue weighted by Gasteiger charge is -2.20. The van der Waals surface area contributed by atoms with E-state index in [-0.39, 0.29) is 11.9 Å². The number of nitrogens with one attached hydrogen (secondary N) is 1. The molecule has 0 fully saturated rings. The van der Waals surface area contributed by atoms with Gasteiger partial charge in [0.1, 0.15) is 5.84 Å². The molecule has 1 aliphatic carbocycles. The maximum absolute atomic E-state index is 7.88. The smallest absolute Gasteiger partial charge is 0.122 e. The number of nitrogen functional groups attached to an aromatic ring is 1. The minimum atomic E-state index is 0.0649. The molecule has 0 atom stereocenters. The average molecular weight is 390 g/mol. The maximum atomic E-state index is 7.88. The van der Waals surface area contributed by atoms with Gasteiger partial charge in [-0.25, -0.2) is 0 Å². The molecule has 3 N–H and O–H groups in total. The van der Waals surface area contributed by atoms with Gasteiger partial charge in [0, 0.05) is 22.2 Å². The zero-order valence-corrected chi connectivity index (χ0v) is 16.9. The highest BCUT2D eigenvalue weighted by molar-refractivity contribution is 6.02. The summed E-state index contributed by atoms with van der Waals surface area (Å²) >= 11 is 0. The van der Waals surface area contributed by atoms with Gasteiger partial charge in [0.25, 0.3) is 0 Å². The van der Waals surface area contributed by atoms with Gasteiger partial charge in [0.05, 0.1) is 11.6 Å². The van der Waals surface area contributed by atoms with Gasteiger partial charge in [-0.05, 0) is 53.5 Å². The molecular weight excluding hydrogens is 366 g/mol. The predicted octanol–water partition coefficient (Wildman–Crippen LogP) is 6.22. The molecule has 5 rings (SSSR count). The van der Waals surface area contributed by atoms with Gasteiger partial charge in [-0.15, -0.1) is 0 Å². The van der Waals surface area contributed by atoms with Crippen molar-refractivity contribution >= 4 is 28.9 Å². The van der Waals surface area contributed by atoms with Crippen LogP contribution in [0.1, 0.15) is 40.9 Å². The van der Waals surface area contributed by atoms with Gasteiger partial charge >= 0.3 is 0 Å². The van der Waals surface area contributed by atoms with Crippen molar-refractivity contribution < 1.29 is 0 Å². The summed E-state index contributed by atoms with van der Waals surface area (Å²) in [5.41, 5.74) is 15.0. The molecule has 0 unspecified atom stereocenters. The monoisotopic (exact) mass is 389 g/mol. The number of nitrogens with two attached hydrogens (primary N) is 1. The first-order valence-corrected chi connectivity index (χ1v) is 10.1. The topological polar surface area (TPSA) is 54.8 Å². The van der Waals surface area contributed by atoms with E-state index < -0.39 is 0 Å². The third-order valence-corrected chi connectivity index (χ3v) is 5.98. The summed E-state index contributed by atoms with van der Waals surface area (Å²) in [7, 11) is 0. The van der Waals surface area contributed by atoms with Crippen molar-refractivity contribution in [2.75, 3.05) is 0 Å². The molecule has 30 heavy (non-hydrogen) atoms. The molecule has 1 aromatic heterocycles. The largest absolute Gasteiger partial charge is 0.384 e. The van der Waals surface area contributed by atoms with Crippen LogP contribution in [0.15, 0.2) is 79.4 Å². The average Bonchev–Trinajstić information content (AvgIpc) is 3.26. The second kappa shape index (κ2) is 6.89. The number of hydrogen-bond donors (Lipinski definition) is 2. The highest BCUT2D eigenvalue weighted by atomic mass is 15.0. The quantitative estimate of drug-likeness (QED) is 0.278. The van der Waals surface area contributed by atoms with Crippen molar-refractivity contribution in [1.29, 1.82) is 5.41 Å². The maximum Gasteiger partial charge on any atom is 0.122 e. The van der Waals surface area contributed by atoms with Crippen molar-refractivity contribution in [2.45, 2.75) is 13.0 Å². The highest BCUT2D eigenvalue weighted by Crippen LogP contribution is 2.48. The number of nitrogens with zero attached hydrogens (tertiary/aromatic N) is 1. The summed E-state index contributed by atoms with van der Waals surface area (Å²) in [5.74, 6) is 0.0767. The Hall–Kier alpha value is -3.85. The Morgan fingerprint density at radius 1 is 1.00 bits per heavy atom. The molecule has 0 radical (unpaired) electrons. The molecule has 0 aliphatic heterocycles. The van der Waals surface area contributed by atoms with Gasteiger partial charge in [0.15, 0.2) is 0 Å². The normalized spacial score (nSPS) is 13.0. The summed E-state index contributed by atoms with van der Waals surface area (Å²) in [6.45, 7) is 6.17. The van der Waals surface area contributed by atoms with E-state index in [1.165, 1.54) is 22.3 Å². The van der Waals surface area contributed by atoms with Gasteiger partial charge < -0.3 is 10.3 Å². The second-order valence-electron chi connectivity index (χ2n) is 7.60. The van der Waals surface area contributed by atoms with Crippen LogP contribution in [0.25, 0.3) is 34.2 Å². The van der Waals surface area contributed by atoms with E-state index in [1.807, 2.05) is 31.2 Å². The Kier molecular flexibility index (Phi) is 4.18. The number of fused-ring (bicyclic) bond motifs is 4. The van der Waals surface area contributed by atoms with Crippen molar-refractivity contribution in [1.82, 2.24) is 4.57 Å². The first-order valence-electron chi connectivity index (χ1n) is 10.1. The van der Waals surface area contributed by atoms with Crippen LogP contribution in [0.5, 0.6) is 0 Å². The van der Waals surface area contributed by atoms with Gasteiger partial charge in [-0.2, -0.15) is 0 Å². The van der Waals surface area contributed by atoms with E-state index >= 15 is 0 Å². The number of aromatic nitrogens is 1. The molecule has 4 aromatic rings. The lowest BCUT2D eigenvalue weighted by molar-refractivity contribution is 0.715. The van der Waals surface area contributed by atoms with Crippen molar-refractivity contribution in [3.05, 3.63) is 107 Å². The van der Waals surface area contributed by atoms with Crippen LogP contribution >= 0.6 is 0 Å². The second-order valence-corrected chi connectivity index (χ2v) is 7.60. The third kappa shape index (κ3) is 2.49. The van der Waals surface area contributed by atoms with Crippen LogP contribution in [0.2, 0.25) is 0 Å². The number of benzene rings is 3. The highest BCUT2D eigenvalue weighted by Gasteiger charge is 2.32. The number of amidine groups is 1. The predicted molar refractivity (Wildman–Crippen MR) is 127 cm³/mol. The van der Waals surface area contributed by atoms with Crippen LogP contribution in [0, 0.1) is 5.41 Å². The zero-order valence-electron chi connectivity index (χ0n) is 16.9. The van der Waals surface area contributed by atoms with E-state index in [4.69, 9.17) is 11.1 Å². The lowest BCUT2D eigenvalue weighted by atomic mass is 10.0. The minimum Gasteiger partial charge on any atom is -0.384 e. The van der Waals surface area contributed by atoms with Crippen LogP contribution in [0.3, 0.4) is 0 Å². The molecule has 0 bridgehead atoms. The van der Waals surface area contributed by atoms with Crippen molar-refractivity contribution in [2.24, 2.45) is 5.73 Å². The van der Waals surface area contributed by atoms with Crippen LogP contribution in [-0.2, 0) is 0 Å². The fraction of sp³-hybridized carbons (Fsp3) is 0.0741. The molecule has 0 spiro atoms. The van der Waals surface area contributed by atoms with E-state index in [1.54, 1.807) is 0 Å².